The van der Waals surface area contributed by atoms with Gasteiger partial charge in [-0.1, -0.05) is 59.9 Å². The lowest BCUT2D eigenvalue weighted by Gasteiger charge is -2.11. The minimum Gasteiger partial charge on any atom is -0.258 e. The number of benzene rings is 3. The normalized spacial score (nSPS) is 10.5. The monoisotopic (exact) mass is 353 g/mol. The Bertz CT molecular complexity index is 789. The molecule has 0 saturated carbocycles. The molecule has 3 rings (SSSR count). The van der Waals surface area contributed by atoms with Crippen LogP contribution in [0.4, 0.5) is 5.69 Å². The van der Waals surface area contributed by atoms with Crippen LogP contribution in [0.5, 0.6) is 0 Å². The van der Waals surface area contributed by atoms with Crippen LogP contribution in [0.25, 0.3) is 0 Å². The highest BCUT2D eigenvalue weighted by Gasteiger charge is 2.16. The smallest absolute Gasteiger partial charge is 0.258 e. The number of non-ortho nitro benzene ring substituents is 1. The molecule has 0 aliphatic heterocycles. The third-order valence-corrected chi connectivity index (χ3v) is 5.75. The molecule has 0 aliphatic carbocycles. The van der Waals surface area contributed by atoms with E-state index >= 15 is 0 Å². The van der Waals surface area contributed by atoms with Gasteiger partial charge in [0.15, 0.2) is 0 Å². The van der Waals surface area contributed by atoms with E-state index in [-0.39, 0.29) is 10.6 Å². The topological polar surface area (TPSA) is 43.1 Å². The maximum Gasteiger partial charge on any atom is 0.271 e. The first-order chi connectivity index (χ1) is 11.6. The fourth-order valence-electron chi connectivity index (χ4n) is 2.20. The summed E-state index contributed by atoms with van der Waals surface area (Å²) in [4.78, 5) is 14.9. The summed E-state index contributed by atoms with van der Waals surface area (Å²) < 4.78 is 0. The molecule has 0 atom stereocenters. The Morgan fingerprint density at radius 3 is 1.58 bits per heavy atom. The van der Waals surface area contributed by atoms with Crippen molar-refractivity contribution in [1.29, 1.82) is 0 Å². The largest absolute Gasteiger partial charge is 0.271 e. The molecule has 0 aromatic heterocycles. The van der Waals surface area contributed by atoms with Crippen LogP contribution >= 0.6 is 23.5 Å². The summed E-state index contributed by atoms with van der Waals surface area (Å²) in [6.45, 7) is 2.01. The van der Waals surface area contributed by atoms with E-state index in [2.05, 4.69) is 0 Å². The van der Waals surface area contributed by atoms with E-state index in [1.807, 2.05) is 67.6 Å². The first-order valence-corrected chi connectivity index (χ1v) is 9.01. The Morgan fingerprint density at radius 1 is 0.792 bits per heavy atom. The first-order valence-electron chi connectivity index (χ1n) is 7.38. The molecular weight excluding hydrogens is 338 g/mol. The molecule has 0 heterocycles. The van der Waals surface area contributed by atoms with Crippen LogP contribution in [-0.2, 0) is 0 Å². The second-order valence-electron chi connectivity index (χ2n) is 5.15. The van der Waals surface area contributed by atoms with Crippen molar-refractivity contribution in [2.45, 2.75) is 26.5 Å². The maximum absolute atomic E-state index is 11.3. The summed E-state index contributed by atoms with van der Waals surface area (Å²) in [5.41, 5.74) is 1.18. The average molecular weight is 353 g/mol. The SMILES string of the molecule is Cc1c(Sc2ccccc2)cc([N+](=O)[O-])cc1Sc1ccccc1. The lowest BCUT2D eigenvalue weighted by Crippen LogP contribution is -1.92. The fraction of sp³-hybridized carbons (Fsp3) is 0.0526. The van der Waals surface area contributed by atoms with E-state index < -0.39 is 0 Å². The molecule has 120 valence electrons. The third-order valence-electron chi connectivity index (χ3n) is 3.45. The van der Waals surface area contributed by atoms with Crippen molar-refractivity contribution in [3.8, 4) is 0 Å². The van der Waals surface area contributed by atoms with E-state index in [0.29, 0.717) is 0 Å². The van der Waals surface area contributed by atoms with Crippen molar-refractivity contribution in [3.05, 3.63) is 88.5 Å². The molecule has 5 heteroatoms. The van der Waals surface area contributed by atoms with E-state index in [0.717, 1.165) is 25.1 Å². The van der Waals surface area contributed by atoms with Crippen LogP contribution < -0.4 is 0 Å². The molecule has 0 spiro atoms. The zero-order chi connectivity index (χ0) is 16.9. The Hall–Kier alpha value is -2.24. The fourth-order valence-corrected chi connectivity index (χ4v) is 4.24. The van der Waals surface area contributed by atoms with Crippen LogP contribution in [0, 0.1) is 17.0 Å². The average Bonchev–Trinajstić information content (AvgIpc) is 2.60. The molecule has 0 amide bonds. The van der Waals surface area contributed by atoms with E-state index in [1.54, 1.807) is 35.7 Å². The van der Waals surface area contributed by atoms with Crippen LogP contribution in [0.1, 0.15) is 5.56 Å². The van der Waals surface area contributed by atoms with Crippen molar-refractivity contribution >= 4 is 29.2 Å². The minimum absolute atomic E-state index is 0.123. The maximum atomic E-state index is 11.3. The molecular formula is C19H15NO2S2. The van der Waals surface area contributed by atoms with Gasteiger partial charge in [-0.2, -0.15) is 0 Å². The van der Waals surface area contributed by atoms with Crippen molar-refractivity contribution in [3.63, 3.8) is 0 Å². The molecule has 0 fully saturated rings. The zero-order valence-corrected chi connectivity index (χ0v) is 14.6. The molecule has 0 aliphatic rings. The number of nitro benzene ring substituents is 1. The quantitative estimate of drug-likeness (QED) is 0.404. The van der Waals surface area contributed by atoms with Gasteiger partial charge in [0.1, 0.15) is 0 Å². The van der Waals surface area contributed by atoms with E-state index in [4.69, 9.17) is 0 Å². The molecule has 0 bridgehead atoms. The summed E-state index contributed by atoms with van der Waals surface area (Å²) >= 11 is 3.11. The molecule has 3 aromatic carbocycles. The highest BCUT2D eigenvalue weighted by molar-refractivity contribution is 8.00. The summed E-state index contributed by atoms with van der Waals surface area (Å²) in [7, 11) is 0. The highest BCUT2D eigenvalue weighted by Crippen LogP contribution is 2.40. The van der Waals surface area contributed by atoms with Crippen molar-refractivity contribution < 1.29 is 4.92 Å². The third kappa shape index (κ3) is 3.99. The molecule has 0 N–H and O–H groups in total. The molecule has 0 unspecified atom stereocenters. The molecule has 3 aromatic rings. The van der Waals surface area contributed by atoms with Gasteiger partial charge in [-0.15, -0.1) is 0 Å². The lowest BCUT2D eigenvalue weighted by molar-refractivity contribution is -0.385. The Labute approximate surface area is 149 Å². The van der Waals surface area contributed by atoms with Crippen molar-refractivity contribution in [1.82, 2.24) is 0 Å². The summed E-state index contributed by atoms with van der Waals surface area (Å²) in [5.74, 6) is 0. The molecule has 0 radical (unpaired) electrons. The summed E-state index contributed by atoms with van der Waals surface area (Å²) in [6.07, 6.45) is 0. The van der Waals surface area contributed by atoms with Crippen molar-refractivity contribution in [2.75, 3.05) is 0 Å². The van der Waals surface area contributed by atoms with Gasteiger partial charge in [-0.05, 0) is 36.8 Å². The van der Waals surface area contributed by atoms with Gasteiger partial charge in [0.25, 0.3) is 5.69 Å². The van der Waals surface area contributed by atoms with Crippen LogP contribution in [0.2, 0.25) is 0 Å². The summed E-state index contributed by atoms with van der Waals surface area (Å²) in [6, 6.07) is 23.1. The summed E-state index contributed by atoms with van der Waals surface area (Å²) in [5, 5.41) is 11.3. The van der Waals surface area contributed by atoms with E-state index in [9.17, 15) is 10.1 Å². The predicted octanol–water partition coefficient (Wildman–Crippen LogP) is 6.21. The molecule has 3 nitrogen and oxygen atoms in total. The zero-order valence-electron chi connectivity index (χ0n) is 13.0. The van der Waals surface area contributed by atoms with Gasteiger partial charge >= 0.3 is 0 Å². The number of nitro groups is 1. The first kappa shape index (κ1) is 16.6. The van der Waals surface area contributed by atoms with Gasteiger partial charge in [-0.3, -0.25) is 10.1 Å². The number of rotatable bonds is 5. The number of hydrogen-bond donors (Lipinski definition) is 0. The lowest BCUT2D eigenvalue weighted by atomic mass is 10.2. The second kappa shape index (κ2) is 7.55. The number of hydrogen-bond acceptors (Lipinski definition) is 4. The predicted molar refractivity (Wildman–Crippen MR) is 99.0 cm³/mol. The highest BCUT2D eigenvalue weighted by atomic mass is 32.2. The van der Waals surface area contributed by atoms with E-state index in [1.165, 1.54) is 0 Å². The van der Waals surface area contributed by atoms with Gasteiger partial charge in [0, 0.05) is 31.7 Å². The standard InChI is InChI=1S/C19H15NO2S2/c1-14-18(23-16-8-4-2-5-9-16)12-15(20(21)22)13-19(14)24-17-10-6-3-7-11-17/h2-13H,1H3. The Morgan fingerprint density at radius 2 is 1.21 bits per heavy atom. The Balaban J connectivity index is 2.00. The van der Waals surface area contributed by atoms with Crippen molar-refractivity contribution in [2.24, 2.45) is 0 Å². The number of nitrogens with zero attached hydrogens (tertiary/aromatic N) is 1. The molecule has 0 saturated heterocycles. The van der Waals surface area contributed by atoms with Gasteiger partial charge < -0.3 is 0 Å². The van der Waals surface area contributed by atoms with Crippen LogP contribution in [0.15, 0.2) is 92.4 Å². The van der Waals surface area contributed by atoms with Crippen LogP contribution in [0.3, 0.4) is 0 Å². The minimum atomic E-state index is -0.330. The second-order valence-corrected chi connectivity index (χ2v) is 7.39. The van der Waals surface area contributed by atoms with Gasteiger partial charge in [-0.25, -0.2) is 0 Å². The molecule has 24 heavy (non-hydrogen) atoms. The van der Waals surface area contributed by atoms with Gasteiger partial charge in [0.05, 0.1) is 4.92 Å². The van der Waals surface area contributed by atoms with Gasteiger partial charge in [0.2, 0.25) is 0 Å². The van der Waals surface area contributed by atoms with Crippen LogP contribution in [-0.4, -0.2) is 4.92 Å². The Kier molecular flexibility index (Phi) is 5.23.